The minimum atomic E-state index is -0.582. The summed E-state index contributed by atoms with van der Waals surface area (Å²) in [6.07, 6.45) is 5.29. The van der Waals surface area contributed by atoms with Crippen LogP contribution in [0.25, 0.3) is 10.9 Å². The molecule has 188 valence electrons. The summed E-state index contributed by atoms with van der Waals surface area (Å²) in [6.45, 7) is 5.56. The van der Waals surface area contributed by atoms with Crippen molar-refractivity contribution in [3.63, 3.8) is 0 Å². The summed E-state index contributed by atoms with van der Waals surface area (Å²) >= 11 is 1.41. The number of aldehydes is 1. The molecule has 10 heteroatoms. The number of ether oxygens (including phenoxy) is 1. The third kappa shape index (κ3) is 7.02. The fraction of sp³-hybridized carbons (Fsp3) is 0.400. The van der Waals surface area contributed by atoms with Gasteiger partial charge in [-0.1, -0.05) is 18.9 Å². The van der Waals surface area contributed by atoms with Crippen LogP contribution in [0.3, 0.4) is 0 Å². The second-order valence-electron chi connectivity index (χ2n) is 8.11. The number of carbonyl (C=O) groups excluding carboxylic acids is 1. The van der Waals surface area contributed by atoms with Crippen molar-refractivity contribution >= 4 is 46.3 Å². The molecule has 0 unspecified atom stereocenters. The maximum atomic E-state index is 13.6. The van der Waals surface area contributed by atoms with Crippen LogP contribution in [0.1, 0.15) is 42.1 Å². The monoisotopic (exact) mass is 503 g/mol. The SMILES string of the molecule is CCCSNc1ccc(F)c(NC)c1F.Cc1cc(C=O)c2ncnc(NC3CCOCC3)c2c1. The lowest BCUT2D eigenvalue weighted by atomic mass is 10.1. The number of halogens is 2. The van der Waals surface area contributed by atoms with Gasteiger partial charge in [0.25, 0.3) is 0 Å². The largest absolute Gasteiger partial charge is 0.383 e. The molecule has 0 spiro atoms. The van der Waals surface area contributed by atoms with Crippen LogP contribution in [0, 0.1) is 18.6 Å². The first-order chi connectivity index (χ1) is 17.0. The number of hydrogen-bond acceptors (Lipinski definition) is 8. The quantitative estimate of drug-likeness (QED) is 0.201. The highest BCUT2D eigenvalue weighted by molar-refractivity contribution is 8.00. The van der Waals surface area contributed by atoms with Crippen LogP contribution in [0.2, 0.25) is 0 Å². The standard InChI is InChI=1S/C15H17N3O2.C10H14F2N2S/c1-10-6-11(8-19)14-13(7-10)15(17-9-16-14)18-12-2-4-20-5-3-12;1-3-6-15-14-8-5-4-7(11)10(13-2)9(8)12/h6-9,12H,2-5H2,1H3,(H,16,17,18);4-5,13-14H,3,6H2,1-2H3. The van der Waals surface area contributed by atoms with E-state index in [0.29, 0.717) is 22.8 Å². The second kappa shape index (κ2) is 13.2. The highest BCUT2D eigenvalue weighted by Gasteiger charge is 2.16. The predicted octanol–water partition coefficient (Wildman–Crippen LogP) is 5.82. The van der Waals surface area contributed by atoms with Gasteiger partial charge in [-0.3, -0.25) is 4.79 Å². The van der Waals surface area contributed by atoms with E-state index in [4.69, 9.17) is 4.74 Å². The van der Waals surface area contributed by atoms with Gasteiger partial charge in [-0.25, -0.2) is 18.7 Å². The third-order valence-corrected chi connectivity index (χ3v) is 6.41. The zero-order valence-electron chi connectivity index (χ0n) is 20.2. The van der Waals surface area contributed by atoms with Gasteiger partial charge in [0.05, 0.1) is 11.2 Å². The smallest absolute Gasteiger partial charge is 0.173 e. The summed E-state index contributed by atoms with van der Waals surface area (Å²) in [5.41, 5.74) is 2.55. The Bertz CT molecular complexity index is 1140. The Hall–Kier alpha value is -2.98. The molecule has 1 aliphatic rings. The van der Waals surface area contributed by atoms with Crippen LogP contribution >= 0.6 is 11.9 Å². The second-order valence-corrected chi connectivity index (χ2v) is 9.01. The number of nitrogens with one attached hydrogen (secondary N) is 3. The Balaban J connectivity index is 0.000000205. The summed E-state index contributed by atoms with van der Waals surface area (Å²) in [5.74, 6) is 0.516. The molecule has 2 aromatic carbocycles. The number of carbonyl (C=O) groups is 1. The maximum absolute atomic E-state index is 13.6. The predicted molar refractivity (Wildman–Crippen MR) is 139 cm³/mol. The van der Waals surface area contributed by atoms with E-state index in [1.165, 1.54) is 37.5 Å². The van der Waals surface area contributed by atoms with Crippen molar-refractivity contribution in [3.8, 4) is 0 Å². The van der Waals surface area contributed by atoms with E-state index in [1.807, 2.05) is 26.0 Å². The maximum Gasteiger partial charge on any atom is 0.173 e. The van der Waals surface area contributed by atoms with Crippen molar-refractivity contribution in [2.24, 2.45) is 0 Å². The van der Waals surface area contributed by atoms with Crippen LogP contribution in [-0.2, 0) is 4.74 Å². The molecule has 0 bridgehead atoms. The van der Waals surface area contributed by atoms with E-state index in [9.17, 15) is 13.6 Å². The Morgan fingerprint density at radius 1 is 1.20 bits per heavy atom. The van der Waals surface area contributed by atoms with Crippen LogP contribution in [0.15, 0.2) is 30.6 Å². The van der Waals surface area contributed by atoms with Crippen molar-refractivity contribution < 1.29 is 18.3 Å². The van der Waals surface area contributed by atoms with Gasteiger partial charge in [-0.2, -0.15) is 0 Å². The minimum absolute atomic E-state index is 0.0999. The summed E-state index contributed by atoms with van der Waals surface area (Å²) in [5, 5.41) is 6.85. The minimum Gasteiger partial charge on any atom is -0.383 e. The van der Waals surface area contributed by atoms with Crippen LogP contribution in [-0.4, -0.2) is 48.3 Å². The van der Waals surface area contributed by atoms with Crippen LogP contribution in [0.4, 0.5) is 26.0 Å². The molecule has 1 saturated heterocycles. The summed E-state index contributed by atoms with van der Waals surface area (Å²) in [4.78, 5) is 19.8. The van der Waals surface area contributed by atoms with Gasteiger partial charge in [-0.05, 0) is 56.0 Å². The van der Waals surface area contributed by atoms with E-state index in [0.717, 1.165) is 61.3 Å². The molecule has 4 rings (SSSR count). The van der Waals surface area contributed by atoms with E-state index in [1.54, 1.807) is 0 Å². The zero-order valence-corrected chi connectivity index (χ0v) is 21.0. The van der Waals surface area contributed by atoms with Gasteiger partial charge in [-0.15, -0.1) is 0 Å². The normalized spacial score (nSPS) is 13.6. The van der Waals surface area contributed by atoms with E-state index in [-0.39, 0.29) is 5.69 Å². The highest BCUT2D eigenvalue weighted by Crippen LogP contribution is 2.27. The molecule has 35 heavy (non-hydrogen) atoms. The number of aryl methyl sites for hydroxylation is 1. The van der Waals surface area contributed by atoms with Crippen molar-refractivity contribution in [3.05, 3.63) is 53.4 Å². The average Bonchev–Trinajstić information content (AvgIpc) is 2.87. The van der Waals surface area contributed by atoms with Crippen molar-refractivity contribution in [1.82, 2.24) is 9.97 Å². The summed E-state index contributed by atoms with van der Waals surface area (Å²) in [7, 11) is 1.49. The molecule has 0 aliphatic carbocycles. The molecular formula is C25H31F2N5O2S. The first-order valence-electron chi connectivity index (χ1n) is 11.6. The van der Waals surface area contributed by atoms with E-state index < -0.39 is 11.6 Å². The van der Waals surface area contributed by atoms with E-state index >= 15 is 0 Å². The van der Waals surface area contributed by atoms with Gasteiger partial charge in [0.2, 0.25) is 0 Å². The first kappa shape index (κ1) is 26.6. The van der Waals surface area contributed by atoms with E-state index in [2.05, 4.69) is 25.3 Å². The molecule has 1 aliphatic heterocycles. The number of aromatic nitrogens is 2. The number of benzene rings is 2. The zero-order chi connectivity index (χ0) is 25.2. The molecule has 1 aromatic heterocycles. The van der Waals surface area contributed by atoms with Gasteiger partial charge < -0.3 is 20.1 Å². The van der Waals surface area contributed by atoms with Gasteiger partial charge in [0.1, 0.15) is 23.6 Å². The molecule has 7 nitrogen and oxygen atoms in total. The molecule has 0 saturated carbocycles. The molecular weight excluding hydrogens is 472 g/mol. The highest BCUT2D eigenvalue weighted by atomic mass is 32.2. The van der Waals surface area contributed by atoms with Crippen molar-refractivity contribution in [2.45, 2.75) is 39.2 Å². The van der Waals surface area contributed by atoms with Gasteiger partial charge in [0.15, 0.2) is 12.1 Å². The number of rotatable bonds is 8. The molecule has 0 amide bonds. The van der Waals surface area contributed by atoms with Crippen molar-refractivity contribution in [2.75, 3.05) is 41.4 Å². The molecule has 3 aromatic rings. The van der Waals surface area contributed by atoms with Crippen LogP contribution < -0.4 is 15.4 Å². The Labute approximate surface area is 208 Å². The summed E-state index contributed by atoms with van der Waals surface area (Å²) < 4.78 is 34.9. The summed E-state index contributed by atoms with van der Waals surface area (Å²) in [6, 6.07) is 6.87. The van der Waals surface area contributed by atoms with Gasteiger partial charge in [0, 0.05) is 43.0 Å². The number of fused-ring (bicyclic) bond motifs is 1. The lowest BCUT2D eigenvalue weighted by Gasteiger charge is -2.24. The Kier molecular flexibility index (Phi) is 10.0. The molecule has 2 heterocycles. The van der Waals surface area contributed by atoms with Crippen LogP contribution in [0.5, 0.6) is 0 Å². The number of hydrogen-bond donors (Lipinski definition) is 3. The number of anilines is 3. The topological polar surface area (TPSA) is 88.2 Å². The fourth-order valence-corrected chi connectivity index (χ4v) is 4.30. The molecule has 3 N–H and O–H groups in total. The average molecular weight is 504 g/mol. The lowest BCUT2D eigenvalue weighted by Crippen LogP contribution is -2.28. The first-order valence-corrected chi connectivity index (χ1v) is 12.5. The number of nitrogens with zero attached hydrogens (tertiary/aromatic N) is 2. The Morgan fingerprint density at radius 2 is 1.97 bits per heavy atom. The van der Waals surface area contributed by atoms with Gasteiger partial charge >= 0.3 is 0 Å². The molecule has 0 radical (unpaired) electrons. The molecule has 0 atom stereocenters. The molecule has 1 fully saturated rings. The lowest BCUT2D eigenvalue weighted by molar-refractivity contribution is 0.0904. The van der Waals surface area contributed by atoms with Crippen molar-refractivity contribution in [1.29, 1.82) is 0 Å². The Morgan fingerprint density at radius 3 is 2.66 bits per heavy atom. The third-order valence-electron chi connectivity index (χ3n) is 5.43. The fourth-order valence-electron chi connectivity index (χ4n) is 3.68.